The van der Waals surface area contributed by atoms with E-state index in [2.05, 4.69) is 0 Å². The standard InChI is InChI=1S/C22H24N2O5/c1-15-8-16(2)10-18(9-15)24(7-5-6-23)21(25)14-29-22(26)17-11-19(27-3)13-20(12-17)28-4/h8-13H,5,7,14H2,1-4H3. The number of aryl methyl sites for hydroxylation is 2. The molecule has 0 spiro atoms. The van der Waals surface area contributed by atoms with Crippen LogP contribution in [-0.4, -0.2) is 39.2 Å². The normalized spacial score (nSPS) is 10.0. The molecule has 0 N–H and O–H groups in total. The van der Waals surface area contributed by atoms with Gasteiger partial charge in [-0.1, -0.05) is 6.07 Å². The maximum absolute atomic E-state index is 12.7. The van der Waals surface area contributed by atoms with E-state index in [1.54, 1.807) is 6.07 Å². The molecule has 0 unspecified atom stereocenters. The second kappa shape index (κ2) is 10.1. The molecule has 2 aromatic carbocycles. The van der Waals surface area contributed by atoms with Gasteiger partial charge in [0.25, 0.3) is 5.91 Å². The van der Waals surface area contributed by atoms with Gasteiger partial charge in [0, 0.05) is 18.3 Å². The molecule has 0 aliphatic rings. The Morgan fingerprint density at radius 2 is 1.55 bits per heavy atom. The molecule has 29 heavy (non-hydrogen) atoms. The van der Waals surface area contributed by atoms with Crippen molar-refractivity contribution >= 4 is 17.6 Å². The number of amides is 1. The van der Waals surface area contributed by atoms with Crippen molar-refractivity contribution < 1.29 is 23.8 Å². The molecule has 2 aromatic rings. The van der Waals surface area contributed by atoms with Gasteiger partial charge in [0.1, 0.15) is 11.5 Å². The molecule has 0 fully saturated rings. The number of hydrogen-bond acceptors (Lipinski definition) is 6. The van der Waals surface area contributed by atoms with Crippen molar-refractivity contribution in [3.8, 4) is 17.6 Å². The van der Waals surface area contributed by atoms with Crippen LogP contribution in [0.3, 0.4) is 0 Å². The third-order valence-corrected chi connectivity index (χ3v) is 4.18. The van der Waals surface area contributed by atoms with Crippen molar-refractivity contribution in [3.63, 3.8) is 0 Å². The Kier molecular flexibility index (Phi) is 7.61. The van der Waals surface area contributed by atoms with Crippen LogP contribution in [-0.2, 0) is 9.53 Å². The van der Waals surface area contributed by atoms with Crippen molar-refractivity contribution in [2.45, 2.75) is 20.3 Å². The highest BCUT2D eigenvalue weighted by molar-refractivity contribution is 5.97. The molecule has 0 bridgehead atoms. The van der Waals surface area contributed by atoms with E-state index in [1.165, 1.54) is 31.3 Å². The van der Waals surface area contributed by atoms with Gasteiger partial charge in [-0.15, -0.1) is 0 Å². The van der Waals surface area contributed by atoms with Gasteiger partial charge in [-0.25, -0.2) is 4.79 Å². The summed E-state index contributed by atoms with van der Waals surface area (Å²) >= 11 is 0. The monoisotopic (exact) mass is 396 g/mol. The van der Waals surface area contributed by atoms with Gasteiger partial charge in [0.15, 0.2) is 6.61 Å². The first-order chi connectivity index (χ1) is 13.9. The molecule has 2 rings (SSSR count). The fourth-order valence-electron chi connectivity index (χ4n) is 2.88. The van der Waals surface area contributed by atoms with Gasteiger partial charge in [0.2, 0.25) is 0 Å². The molecule has 7 nitrogen and oxygen atoms in total. The number of esters is 1. The molecule has 0 saturated carbocycles. The van der Waals surface area contributed by atoms with Crippen molar-refractivity contribution in [2.24, 2.45) is 0 Å². The summed E-state index contributed by atoms with van der Waals surface area (Å²) in [6, 6.07) is 12.4. The first-order valence-electron chi connectivity index (χ1n) is 9.03. The number of methoxy groups -OCH3 is 2. The summed E-state index contributed by atoms with van der Waals surface area (Å²) in [4.78, 5) is 26.6. The zero-order valence-electron chi connectivity index (χ0n) is 17.0. The topological polar surface area (TPSA) is 88.9 Å². The van der Waals surface area contributed by atoms with Crippen LogP contribution in [0.4, 0.5) is 5.69 Å². The molecular formula is C22H24N2O5. The Morgan fingerprint density at radius 1 is 0.966 bits per heavy atom. The molecule has 152 valence electrons. The summed E-state index contributed by atoms with van der Waals surface area (Å²) < 4.78 is 15.5. The van der Waals surface area contributed by atoms with E-state index >= 15 is 0 Å². The summed E-state index contributed by atoms with van der Waals surface area (Å²) in [5.41, 5.74) is 2.87. The minimum Gasteiger partial charge on any atom is -0.497 e. The number of carbonyl (C=O) groups excluding carboxylic acids is 2. The maximum Gasteiger partial charge on any atom is 0.338 e. The van der Waals surface area contributed by atoms with Gasteiger partial charge < -0.3 is 19.1 Å². The Morgan fingerprint density at radius 3 is 2.07 bits per heavy atom. The molecule has 0 atom stereocenters. The third-order valence-electron chi connectivity index (χ3n) is 4.18. The lowest BCUT2D eigenvalue weighted by atomic mass is 10.1. The summed E-state index contributed by atoms with van der Waals surface area (Å²) in [5, 5.41) is 8.92. The van der Waals surface area contributed by atoms with Gasteiger partial charge in [0.05, 0.1) is 32.3 Å². The maximum atomic E-state index is 12.7. The fourth-order valence-corrected chi connectivity index (χ4v) is 2.88. The molecule has 1 amide bonds. The molecule has 0 aliphatic carbocycles. The van der Waals surface area contributed by atoms with Crippen LogP contribution in [0.1, 0.15) is 27.9 Å². The van der Waals surface area contributed by atoms with Crippen LogP contribution >= 0.6 is 0 Å². The highest BCUT2D eigenvalue weighted by atomic mass is 16.5. The van der Waals surface area contributed by atoms with Crippen LogP contribution in [0.5, 0.6) is 11.5 Å². The van der Waals surface area contributed by atoms with Crippen LogP contribution < -0.4 is 14.4 Å². The quantitative estimate of drug-likeness (QED) is 0.635. The summed E-state index contributed by atoms with van der Waals surface area (Å²) in [5.74, 6) is -0.202. The predicted molar refractivity (Wildman–Crippen MR) is 108 cm³/mol. The largest absolute Gasteiger partial charge is 0.497 e. The SMILES string of the molecule is COc1cc(OC)cc(C(=O)OCC(=O)N(CCC#N)c2cc(C)cc(C)c2)c1. The Hall–Kier alpha value is -3.53. The lowest BCUT2D eigenvalue weighted by Gasteiger charge is -2.22. The first kappa shape index (κ1) is 21.8. The van der Waals surface area contributed by atoms with Crippen LogP contribution in [0.15, 0.2) is 36.4 Å². The number of carbonyl (C=O) groups is 2. The Labute approximate surface area is 170 Å². The lowest BCUT2D eigenvalue weighted by Crippen LogP contribution is -2.35. The summed E-state index contributed by atoms with van der Waals surface area (Å²) in [7, 11) is 2.95. The molecule has 0 aromatic heterocycles. The zero-order valence-corrected chi connectivity index (χ0v) is 17.0. The average molecular weight is 396 g/mol. The molecule has 0 aliphatic heterocycles. The van der Waals surface area contributed by atoms with Crippen molar-refractivity contribution in [1.82, 2.24) is 0 Å². The van der Waals surface area contributed by atoms with Crippen molar-refractivity contribution in [3.05, 3.63) is 53.1 Å². The number of rotatable bonds is 8. The number of anilines is 1. The van der Waals surface area contributed by atoms with Gasteiger partial charge in [-0.3, -0.25) is 4.79 Å². The Balaban J connectivity index is 2.15. The van der Waals surface area contributed by atoms with E-state index in [1.807, 2.05) is 38.1 Å². The molecule has 0 heterocycles. The molecule has 0 radical (unpaired) electrons. The van der Waals surface area contributed by atoms with E-state index in [-0.39, 0.29) is 18.5 Å². The third kappa shape index (κ3) is 5.98. The van der Waals surface area contributed by atoms with Gasteiger partial charge in [-0.05, 0) is 49.2 Å². The predicted octanol–water partition coefficient (Wildman–Crippen LogP) is 3.42. The van der Waals surface area contributed by atoms with Gasteiger partial charge >= 0.3 is 5.97 Å². The zero-order chi connectivity index (χ0) is 21.4. The highest BCUT2D eigenvalue weighted by Gasteiger charge is 2.19. The Bertz CT molecular complexity index is 891. The van der Waals surface area contributed by atoms with E-state index < -0.39 is 18.5 Å². The van der Waals surface area contributed by atoms with E-state index in [4.69, 9.17) is 19.5 Å². The minimum atomic E-state index is -0.670. The molecule has 7 heteroatoms. The average Bonchev–Trinajstić information content (AvgIpc) is 2.71. The van der Waals surface area contributed by atoms with Crippen LogP contribution in [0.25, 0.3) is 0 Å². The van der Waals surface area contributed by atoms with E-state index in [0.29, 0.717) is 17.2 Å². The lowest BCUT2D eigenvalue weighted by molar-refractivity contribution is -0.121. The second-order valence-corrected chi connectivity index (χ2v) is 6.48. The van der Waals surface area contributed by atoms with Crippen molar-refractivity contribution in [1.29, 1.82) is 5.26 Å². The highest BCUT2D eigenvalue weighted by Crippen LogP contribution is 2.23. The second-order valence-electron chi connectivity index (χ2n) is 6.48. The minimum absolute atomic E-state index is 0.166. The molecule has 0 saturated heterocycles. The number of benzene rings is 2. The molecular weight excluding hydrogens is 372 g/mol. The number of hydrogen-bond donors (Lipinski definition) is 0. The van der Waals surface area contributed by atoms with E-state index in [0.717, 1.165) is 11.1 Å². The summed E-state index contributed by atoms with van der Waals surface area (Å²) in [6.07, 6.45) is 0.166. The smallest absolute Gasteiger partial charge is 0.338 e. The van der Waals surface area contributed by atoms with Crippen LogP contribution in [0.2, 0.25) is 0 Å². The van der Waals surface area contributed by atoms with Crippen molar-refractivity contribution in [2.75, 3.05) is 32.3 Å². The fraction of sp³-hybridized carbons (Fsp3) is 0.318. The van der Waals surface area contributed by atoms with Crippen LogP contribution in [0, 0.1) is 25.2 Å². The number of ether oxygens (including phenoxy) is 3. The number of nitrogens with zero attached hydrogens (tertiary/aromatic N) is 2. The number of nitriles is 1. The summed E-state index contributed by atoms with van der Waals surface area (Å²) in [6.45, 7) is 3.62. The first-order valence-corrected chi connectivity index (χ1v) is 9.03. The van der Waals surface area contributed by atoms with E-state index in [9.17, 15) is 9.59 Å². The van der Waals surface area contributed by atoms with Gasteiger partial charge in [-0.2, -0.15) is 5.26 Å².